The van der Waals surface area contributed by atoms with Crippen LogP contribution in [0.5, 0.6) is 0 Å². The highest BCUT2D eigenvalue weighted by Crippen LogP contribution is 2.29. The van der Waals surface area contributed by atoms with Crippen LogP contribution >= 0.6 is 45.5 Å². The van der Waals surface area contributed by atoms with Crippen LogP contribution in [0.25, 0.3) is 10.2 Å². The number of anilines is 1. The molecule has 0 radical (unpaired) electrons. The summed E-state index contributed by atoms with van der Waals surface area (Å²) in [6.45, 7) is 0. The van der Waals surface area contributed by atoms with Gasteiger partial charge in [-0.3, -0.25) is 10.1 Å². The summed E-state index contributed by atoms with van der Waals surface area (Å²) < 4.78 is 24.8. The van der Waals surface area contributed by atoms with Crippen LogP contribution in [0, 0.1) is 3.57 Å². The molecule has 0 aliphatic heterocycles. The van der Waals surface area contributed by atoms with Crippen LogP contribution in [0.1, 0.15) is 10.4 Å². The van der Waals surface area contributed by atoms with E-state index in [0.29, 0.717) is 25.9 Å². The molecule has 1 heterocycles. The van der Waals surface area contributed by atoms with E-state index in [-0.39, 0.29) is 10.8 Å². The number of sulfone groups is 1. The average Bonchev–Trinajstić information content (AvgIpc) is 2.87. The van der Waals surface area contributed by atoms with Crippen LogP contribution in [-0.2, 0) is 9.84 Å². The summed E-state index contributed by atoms with van der Waals surface area (Å²) >= 11 is 9.41. The third kappa shape index (κ3) is 3.71. The molecule has 0 unspecified atom stereocenters. The minimum Gasteiger partial charge on any atom is -0.298 e. The molecule has 0 atom stereocenters. The molecule has 0 saturated carbocycles. The van der Waals surface area contributed by atoms with Gasteiger partial charge in [0.2, 0.25) is 0 Å². The number of rotatable bonds is 3. The number of hydrogen-bond donors (Lipinski definition) is 1. The van der Waals surface area contributed by atoms with Crippen molar-refractivity contribution in [3.05, 3.63) is 50.6 Å². The molecule has 1 N–H and O–H groups in total. The van der Waals surface area contributed by atoms with Crippen molar-refractivity contribution in [2.24, 2.45) is 0 Å². The molecule has 2 aromatic carbocycles. The lowest BCUT2D eigenvalue weighted by atomic mass is 10.2. The van der Waals surface area contributed by atoms with Crippen LogP contribution < -0.4 is 5.32 Å². The highest BCUT2D eigenvalue weighted by atomic mass is 127. The second kappa shape index (κ2) is 6.58. The first-order valence-electron chi connectivity index (χ1n) is 6.61. The Kier molecular flexibility index (Phi) is 4.82. The zero-order chi connectivity index (χ0) is 17.5. The minimum atomic E-state index is -3.29. The Morgan fingerprint density at radius 2 is 2.00 bits per heavy atom. The third-order valence-corrected chi connectivity index (χ3v) is 6.21. The average molecular weight is 493 g/mol. The second-order valence-electron chi connectivity index (χ2n) is 5.00. The van der Waals surface area contributed by atoms with Crippen LogP contribution in [0.4, 0.5) is 5.13 Å². The molecular formula is C15H10ClIN2O3S2. The largest absolute Gasteiger partial charge is 0.298 e. The van der Waals surface area contributed by atoms with Crippen molar-refractivity contribution < 1.29 is 13.2 Å². The molecule has 24 heavy (non-hydrogen) atoms. The van der Waals surface area contributed by atoms with Crippen molar-refractivity contribution in [3.63, 3.8) is 0 Å². The number of benzene rings is 2. The maximum absolute atomic E-state index is 12.3. The topological polar surface area (TPSA) is 76.1 Å². The van der Waals surface area contributed by atoms with E-state index in [1.807, 2.05) is 0 Å². The van der Waals surface area contributed by atoms with Gasteiger partial charge >= 0.3 is 0 Å². The molecule has 0 bridgehead atoms. The van der Waals surface area contributed by atoms with Gasteiger partial charge in [-0.15, -0.1) is 0 Å². The van der Waals surface area contributed by atoms with Crippen molar-refractivity contribution in [2.75, 3.05) is 11.6 Å². The van der Waals surface area contributed by atoms with E-state index in [1.165, 1.54) is 17.4 Å². The maximum atomic E-state index is 12.3. The summed E-state index contributed by atoms with van der Waals surface area (Å²) in [5, 5.41) is 3.44. The molecule has 0 fully saturated rings. The van der Waals surface area contributed by atoms with Crippen LogP contribution in [0.15, 0.2) is 41.3 Å². The van der Waals surface area contributed by atoms with Crippen molar-refractivity contribution in [1.82, 2.24) is 4.98 Å². The van der Waals surface area contributed by atoms with E-state index in [0.717, 1.165) is 9.83 Å². The van der Waals surface area contributed by atoms with Gasteiger partial charge in [0, 0.05) is 9.83 Å². The molecule has 0 spiro atoms. The lowest BCUT2D eigenvalue weighted by molar-refractivity contribution is 0.102. The second-order valence-corrected chi connectivity index (χ2v) is 9.70. The van der Waals surface area contributed by atoms with Crippen molar-refractivity contribution in [3.8, 4) is 0 Å². The third-order valence-electron chi connectivity index (χ3n) is 3.18. The molecular weight excluding hydrogens is 483 g/mol. The summed E-state index contributed by atoms with van der Waals surface area (Å²) in [6, 6.07) is 9.81. The Bertz CT molecular complexity index is 1060. The Morgan fingerprint density at radius 1 is 1.25 bits per heavy atom. The number of aromatic nitrogens is 1. The fourth-order valence-electron chi connectivity index (χ4n) is 2.03. The van der Waals surface area contributed by atoms with Crippen LogP contribution in [0.2, 0.25) is 5.02 Å². The summed E-state index contributed by atoms with van der Waals surface area (Å²) in [6.07, 6.45) is 1.15. The van der Waals surface area contributed by atoms with Gasteiger partial charge in [-0.05, 0) is 59.0 Å². The van der Waals surface area contributed by atoms with E-state index in [1.54, 1.807) is 30.3 Å². The van der Waals surface area contributed by atoms with Crippen molar-refractivity contribution in [2.45, 2.75) is 4.90 Å². The number of carbonyl (C=O) groups excluding carboxylic acids is 1. The highest BCUT2D eigenvalue weighted by Gasteiger charge is 2.15. The number of nitrogens with one attached hydrogen (secondary N) is 1. The summed E-state index contributed by atoms with van der Waals surface area (Å²) in [4.78, 5) is 16.8. The first-order chi connectivity index (χ1) is 11.2. The summed E-state index contributed by atoms with van der Waals surface area (Å²) in [5.41, 5.74) is 0.976. The zero-order valence-electron chi connectivity index (χ0n) is 12.2. The van der Waals surface area contributed by atoms with Crippen molar-refractivity contribution >= 4 is 76.6 Å². The van der Waals surface area contributed by atoms with Gasteiger partial charge in [-0.2, -0.15) is 0 Å². The van der Waals surface area contributed by atoms with Crippen LogP contribution in [-0.4, -0.2) is 25.6 Å². The Balaban J connectivity index is 1.91. The molecule has 5 nitrogen and oxygen atoms in total. The Labute approximate surface area is 161 Å². The number of halogens is 2. The highest BCUT2D eigenvalue weighted by molar-refractivity contribution is 14.1. The number of thiazole rings is 1. The van der Waals surface area contributed by atoms with E-state index in [9.17, 15) is 13.2 Å². The predicted octanol–water partition coefficient (Wildman–Crippen LogP) is 4.21. The maximum Gasteiger partial charge on any atom is 0.258 e. The molecule has 9 heteroatoms. The van der Waals surface area contributed by atoms with Gasteiger partial charge < -0.3 is 0 Å². The number of nitrogens with zero attached hydrogens (tertiary/aromatic N) is 1. The minimum absolute atomic E-state index is 0.220. The standard InChI is InChI=1S/C15H10ClIN2O3S2/c1-24(21,22)9-3-5-12-13(7-9)23-15(18-12)19-14(20)10-4-2-8(17)6-11(10)16/h2-7H,1H3,(H,18,19,20). The fourth-order valence-corrected chi connectivity index (χ4v) is 4.59. The first-order valence-corrected chi connectivity index (χ1v) is 10.8. The van der Waals surface area contributed by atoms with Gasteiger partial charge in [0.05, 0.1) is 25.7 Å². The van der Waals surface area contributed by atoms with Gasteiger partial charge in [-0.1, -0.05) is 22.9 Å². The smallest absolute Gasteiger partial charge is 0.258 e. The molecule has 0 aliphatic rings. The van der Waals surface area contributed by atoms with Gasteiger partial charge in [0.15, 0.2) is 15.0 Å². The molecule has 0 aliphatic carbocycles. The Hall–Kier alpha value is -1.23. The SMILES string of the molecule is CS(=O)(=O)c1ccc2nc(NC(=O)c3ccc(I)cc3Cl)sc2c1. The lowest BCUT2D eigenvalue weighted by Crippen LogP contribution is -2.12. The van der Waals surface area contributed by atoms with Crippen molar-refractivity contribution in [1.29, 1.82) is 0 Å². The monoisotopic (exact) mass is 492 g/mol. The molecule has 124 valence electrons. The molecule has 3 rings (SSSR count). The number of carbonyl (C=O) groups is 1. The molecule has 0 saturated heterocycles. The van der Waals surface area contributed by atoms with E-state index < -0.39 is 9.84 Å². The molecule has 1 aromatic heterocycles. The zero-order valence-corrected chi connectivity index (χ0v) is 16.8. The Morgan fingerprint density at radius 3 is 2.67 bits per heavy atom. The quantitative estimate of drug-likeness (QED) is 0.556. The van der Waals surface area contributed by atoms with Gasteiger partial charge in [0.1, 0.15) is 0 Å². The number of hydrogen-bond acceptors (Lipinski definition) is 5. The van der Waals surface area contributed by atoms with E-state index in [2.05, 4.69) is 32.9 Å². The fraction of sp³-hybridized carbons (Fsp3) is 0.0667. The molecule has 1 amide bonds. The molecule has 3 aromatic rings. The summed E-state index contributed by atoms with van der Waals surface area (Å²) in [5.74, 6) is -0.362. The summed E-state index contributed by atoms with van der Waals surface area (Å²) in [7, 11) is -3.29. The van der Waals surface area contributed by atoms with E-state index in [4.69, 9.17) is 11.6 Å². The normalized spacial score (nSPS) is 11.6. The van der Waals surface area contributed by atoms with Gasteiger partial charge in [0.25, 0.3) is 5.91 Å². The van der Waals surface area contributed by atoms with Crippen LogP contribution in [0.3, 0.4) is 0 Å². The van der Waals surface area contributed by atoms with Gasteiger partial charge in [-0.25, -0.2) is 13.4 Å². The lowest BCUT2D eigenvalue weighted by Gasteiger charge is -2.04. The number of amides is 1. The van der Waals surface area contributed by atoms with E-state index >= 15 is 0 Å². The first kappa shape index (κ1) is 17.6. The number of fused-ring (bicyclic) bond motifs is 1. The predicted molar refractivity (Wildman–Crippen MR) is 105 cm³/mol.